The zero-order chi connectivity index (χ0) is 14.2. The van der Waals surface area contributed by atoms with Crippen LogP contribution in [0.2, 0.25) is 5.02 Å². The molecule has 0 saturated carbocycles. The van der Waals surface area contributed by atoms with E-state index in [0.29, 0.717) is 5.02 Å². The Morgan fingerprint density at radius 2 is 1.44 bits per heavy atom. The molecule has 0 aliphatic rings. The Balaban J connectivity index is 3.20. The second-order valence-electron chi connectivity index (χ2n) is 3.74. The molecule has 0 saturated heterocycles. The van der Waals surface area contributed by atoms with Crippen molar-refractivity contribution < 1.29 is 28.7 Å². The molecule has 18 heavy (non-hydrogen) atoms. The standard InChI is InChI=1S/C8H12ClNO6P2/c1-8(17(11,12)13,18(14,15)16)10-7-4-2-6(9)3-5-7/h2-5,10H,1H3,(H2,11,12,13)(H2,14,15,16). The number of benzene rings is 1. The lowest BCUT2D eigenvalue weighted by Crippen LogP contribution is -2.34. The highest BCUT2D eigenvalue weighted by molar-refractivity contribution is 7.72. The molecule has 0 bridgehead atoms. The van der Waals surface area contributed by atoms with Crippen LogP contribution in [0.5, 0.6) is 0 Å². The first-order valence-electron chi connectivity index (χ1n) is 4.62. The van der Waals surface area contributed by atoms with Crippen molar-refractivity contribution in [2.75, 3.05) is 5.32 Å². The second-order valence-corrected chi connectivity index (χ2v) is 8.49. The van der Waals surface area contributed by atoms with Gasteiger partial charge in [-0.05, 0) is 31.2 Å². The van der Waals surface area contributed by atoms with Crippen molar-refractivity contribution in [1.29, 1.82) is 0 Å². The minimum atomic E-state index is -5.09. The molecule has 0 fully saturated rings. The van der Waals surface area contributed by atoms with Crippen molar-refractivity contribution in [3.05, 3.63) is 29.3 Å². The van der Waals surface area contributed by atoms with Gasteiger partial charge in [0.05, 0.1) is 0 Å². The lowest BCUT2D eigenvalue weighted by atomic mass is 10.3. The van der Waals surface area contributed by atoms with E-state index in [4.69, 9.17) is 31.2 Å². The minimum Gasteiger partial charge on any atom is -0.359 e. The quantitative estimate of drug-likeness (QED) is 0.536. The van der Waals surface area contributed by atoms with Crippen LogP contribution in [0, 0.1) is 0 Å². The van der Waals surface area contributed by atoms with Crippen LogP contribution in [0.15, 0.2) is 24.3 Å². The molecule has 5 N–H and O–H groups in total. The van der Waals surface area contributed by atoms with Crippen LogP contribution in [0.3, 0.4) is 0 Å². The van der Waals surface area contributed by atoms with Crippen LogP contribution < -0.4 is 5.32 Å². The summed E-state index contributed by atoms with van der Waals surface area (Å²) in [6.07, 6.45) is 0. The van der Waals surface area contributed by atoms with Crippen molar-refractivity contribution in [3.63, 3.8) is 0 Å². The van der Waals surface area contributed by atoms with E-state index in [0.717, 1.165) is 6.92 Å². The van der Waals surface area contributed by atoms with Crippen molar-refractivity contribution in [2.24, 2.45) is 0 Å². The van der Waals surface area contributed by atoms with Gasteiger partial charge in [0.1, 0.15) is 0 Å². The Labute approximate surface area is 108 Å². The average molecular weight is 316 g/mol. The van der Waals surface area contributed by atoms with Crippen molar-refractivity contribution in [2.45, 2.75) is 11.9 Å². The maximum Gasteiger partial charge on any atom is 0.362 e. The molecule has 0 unspecified atom stereocenters. The molecule has 0 heterocycles. The summed E-state index contributed by atoms with van der Waals surface area (Å²) in [5.41, 5.74) is 0.133. The third kappa shape index (κ3) is 3.13. The summed E-state index contributed by atoms with van der Waals surface area (Å²) in [6, 6.07) is 5.55. The molecular formula is C8H12ClNO6P2. The Kier molecular flexibility index (Phi) is 4.30. The second kappa shape index (κ2) is 4.94. The Morgan fingerprint density at radius 1 is 1.06 bits per heavy atom. The molecule has 0 spiro atoms. The van der Waals surface area contributed by atoms with Crippen LogP contribution >= 0.6 is 26.8 Å². The van der Waals surface area contributed by atoms with E-state index < -0.39 is 20.2 Å². The number of nitrogens with one attached hydrogen (secondary N) is 1. The molecule has 0 aromatic heterocycles. The molecule has 0 atom stereocenters. The number of halogens is 1. The largest absolute Gasteiger partial charge is 0.362 e. The van der Waals surface area contributed by atoms with E-state index in [1.165, 1.54) is 24.3 Å². The molecule has 102 valence electrons. The van der Waals surface area contributed by atoms with Crippen LogP contribution in [0.4, 0.5) is 5.69 Å². The molecule has 0 radical (unpaired) electrons. The van der Waals surface area contributed by atoms with Gasteiger partial charge in [-0.3, -0.25) is 9.13 Å². The normalized spacial score (nSPS) is 13.4. The highest BCUT2D eigenvalue weighted by Crippen LogP contribution is 2.68. The van der Waals surface area contributed by atoms with Crippen molar-refractivity contribution in [3.8, 4) is 0 Å². The van der Waals surface area contributed by atoms with Crippen molar-refractivity contribution in [1.82, 2.24) is 0 Å². The first-order valence-corrected chi connectivity index (χ1v) is 8.23. The third-order valence-electron chi connectivity index (χ3n) is 2.36. The van der Waals surface area contributed by atoms with Gasteiger partial charge < -0.3 is 24.9 Å². The Bertz CT molecular complexity index is 499. The van der Waals surface area contributed by atoms with E-state index in [2.05, 4.69) is 5.32 Å². The number of anilines is 1. The lowest BCUT2D eigenvalue weighted by molar-refractivity contribution is 0.321. The van der Waals surface area contributed by atoms with Crippen LogP contribution in [-0.2, 0) is 9.13 Å². The summed E-state index contributed by atoms with van der Waals surface area (Å²) in [7, 11) is -10.2. The van der Waals surface area contributed by atoms with Gasteiger partial charge in [0.15, 0.2) is 0 Å². The summed E-state index contributed by atoms with van der Waals surface area (Å²) in [4.78, 5) is 36.5. The van der Waals surface area contributed by atoms with Gasteiger partial charge in [0, 0.05) is 10.7 Å². The van der Waals surface area contributed by atoms with E-state index >= 15 is 0 Å². The molecule has 0 aliphatic heterocycles. The molecule has 0 aliphatic carbocycles. The first kappa shape index (κ1) is 15.7. The molecule has 1 rings (SSSR count). The average Bonchev–Trinajstić information content (AvgIpc) is 2.18. The number of hydrogen-bond donors (Lipinski definition) is 5. The fraction of sp³-hybridized carbons (Fsp3) is 0.250. The molecule has 10 heteroatoms. The van der Waals surface area contributed by atoms with Gasteiger partial charge >= 0.3 is 15.2 Å². The first-order chi connectivity index (χ1) is 7.97. The summed E-state index contributed by atoms with van der Waals surface area (Å²) < 4.78 is 22.6. The van der Waals surface area contributed by atoms with Crippen molar-refractivity contribution >= 4 is 32.5 Å². The van der Waals surface area contributed by atoms with Gasteiger partial charge in [-0.15, -0.1) is 0 Å². The zero-order valence-electron chi connectivity index (χ0n) is 9.19. The predicted molar refractivity (Wildman–Crippen MR) is 67.6 cm³/mol. The minimum absolute atomic E-state index is 0.133. The lowest BCUT2D eigenvalue weighted by Gasteiger charge is -2.32. The van der Waals surface area contributed by atoms with Crippen LogP contribution in [-0.4, -0.2) is 24.6 Å². The maximum atomic E-state index is 11.3. The molecule has 7 nitrogen and oxygen atoms in total. The summed E-state index contributed by atoms with van der Waals surface area (Å²) in [6.45, 7) is 0.767. The Hall–Kier alpha value is -0.390. The van der Waals surface area contributed by atoms with Gasteiger partial charge in [0.2, 0.25) is 5.02 Å². The molecule has 0 amide bonds. The smallest absolute Gasteiger partial charge is 0.359 e. The summed E-state index contributed by atoms with van der Waals surface area (Å²) >= 11 is 5.63. The van der Waals surface area contributed by atoms with Gasteiger partial charge in [-0.2, -0.15) is 0 Å². The number of hydrogen-bond acceptors (Lipinski definition) is 3. The maximum absolute atomic E-state index is 11.3. The van der Waals surface area contributed by atoms with E-state index in [1.54, 1.807) is 0 Å². The number of rotatable bonds is 4. The van der Waals surface area contributed by atoms with Gasteiger partial charge in [0.25, 0.3) is 0 Å². The third-order valence-corrected chi connectivity index (χ3v) is 6.67. The Morgan fingerprint density at radius 3 is 1.78 bits per heavy atom. The fourth-order valence-electron chi connectivity index (χ4n) is 1.12. The molecular weight excluding hydrogens is 303 g/mol. The summed E-state index contributed by atoms with van der Waals surface area (Å²) in [5.74, 6) is 0. The molecule has 1 aromatic rings. The van der Waals surface area contributed by atoms with Gasteiger partial charge in [-0.1, -0.05) is 11.6 Å². The monoisotopic (exact) mass is 315 g/mol. The SMILES string of the molecule is CC(Nc1ccc(Cl)cc1)(P(=O)(O)O)P(=O)(O)O. The van der Waals surface area contributed by atoms with E-state index in [1.807, 2.05) is 0 Å². The zero-order valence-corrected chi connectivity index (χ0v) is 11.7. The predicted octanol–water partition coefficient (Wildman–Crippen LogP) is 1.78. The summed E-state index contributed by atoms with van der Waals surface area (Å²) in [5, 5.41) is -0.125. The van der Waals surface area contributed by atoms with E-state index in [9.17, 15) is 9.13 Å². The highest BCUT2D eigenvalue weighted by atomic mass is 35.5. The molecule has 1 aromatic carbocycles. The van der Waals surface area contributed by atoms with E-state index in [-0.39, 0.29) is 5.69 Å². The fourth-order valence-corrected chi connectivity index (χ4v) is 3.16. The van der Waals surface area contributed by atoms with Crippen LogP contribution in [0.25, 0.3) is 0 Å². The highest BCUT2D eigenvalue weighted by Gasteiger charge is 2.56. The van der Waals surface area contributed by atoms with Crippen LogP contribution in [0.1, 0.15) is 6.92 Å². The van der Waals surface area contributed by atoms with Gasteiger partial charge in [-0.25, -0.2) is 0 Å². The topological polar surface area (TPSA) is 127 Å².